The first-order valence-electron chi connectivity index (χ1n) is 5.96. The number of hydrogen-bond donors (Lipinski definition) is 0. The van der Waals surface area contributed by atoms with Gasteiger partial charge in [0.25, 0.3) is 0 Å². The second-order valence-corrected chi connectivity index (χ2v) is 4.31. The summed E-state index contributed by atoms with van der Waals surface area (Å²) in [4.78, 5) is 26.8. The van der Waals surface area contributed by atoms with Gasteiger partial charge in [-0.05, 0) is 12.1 Å². The van der Waals surface area contributed by atoms with Crippen LogP contribution in [0.1, 0.15) is 16.2 Å². The third kappa shape index (κ3) is 1.73. The third-order valence-corrected chi connectivity index (χ3v) is 3.24. The van der Waals surface area contributed by atoms with Crippen molar-refractivity contribution in [2.24, 2.45) is 0 Å². The Balaban J connectivity index is 2.36. The highest BCUT2D eigenvalue weighted by Crippen LogP contribution is 2.32. The smallest absolute Gasteiger partial charge is 0.344 e. The Morgan fingerprint density at radius 2 is 2.35 bits per heavy atom. The number of benzene rings is 1. The molecule has 0 bridgehead atoms. The van der Waals surface area contributed by atoms with E-state index in [1.54, 1.807) is 10.6 Å². The Morgan fingerprint density at radius 1 is 1.55 bits per heavy atom. The minimum absolute atomic E-state index is 0.0702. The van der Waals surface area contributed by atoms with Crippen LogP contribution in [0.25, 0.3) is 11.0 Å². The maximum absolute atomic E-state index is 11.7. The fourth-order valence-electron chi connectivity index (χ4n) is 2.38. The summed E-state index contributed by atoms with van der Waals surface area (Å²) in [5.41, 5.74) is 0.482. The molecule has 0 fully saturated rings. The lowest BCUT2D eigenvalue weighted by Crippen LogP contribution is -2.17. The van der Waals surface area contributed by atoms with E-state index in [2.05, 4.69) is 9.72 Å². The molecule has 2 heterocycles. The predicted octanol–water partition coefficient (Wildman–Crippen LogP) is 1.26. The van der Waals surface area contributed by atoms with Crippen molar-refractivity contribution in [1.29, 1.82) is 0 Å². The number of imidazole rings is 1. The van der Waals surface area contributed by atoms with Crippen molar-refractivity contribution in [3.05, 3.63) is 33.6 Å². The number of fused-ring (bicyclic) bond motifs is 3. The first-order chi connectivity index (χ1) is 9.63. The summed E-state index contributed by atoms with van der Waals surface area (Å²) in [6.07, 6.45) is 0. The van der Waals surface area contributed by atoms with Gasteiger partial charge in [-0.15, -0.1) is 0 Å². The third-order valence-electron chi connectivity index (χ3n) is 3.24. The topological polar surface area (TPSA) is 96.5 Å². The number of hydrogen-bond acceptors (Lipinski definition) is 6. The summed E-state index contributed by atoms with van der Waals surface area (Å²) in [5, 5.41) is 11.4. The lowest BCUT2D eigenvalue weighted by molar-refractivity contribution is -0.383. The molecule has 20 heavy (non-hydrogen) atoms. The van der Waals surface area contributed by atoms with Crippen molar-refractivity contribution in [2.75, 3.05) is 13.7 Å². The summed E-state index contributed by atoms with van der Waals surface area (Å²) in [5.74, 6) is -0.113. The van der Waals surface area contributed by atoms with Crippen LogP contribution in [0.15, 0.2) is 12.1 Å². The Bertz CT molecular complexity index is 721. The van der Waals surface area contributed by atoms with Gasteiger partial charge < -0.3 is 14.0 Å². The number of ether oxygens (including phenoxy) is 2. The van der Waals surface area contributed by atoms with Gasteiger partial charge in [-0.2, -0.15) is 0 Å². The molecule has 1 aromatic carbocycles. The number of aromatic nitrogens is 2. The average Bonchev–Trinajstić information content (AvgIpc) is 2.83. The molecule has 1 aliphatic heterocycles. The van der Waals surface area contributed by atoms with E-state index in [-0.39, 0.29) is 11.3 Å². The van der Waals surface area contributed by atoms with E-state index < -0.39 is 10.9 Å². The molecule has 0 aliphatic carbocycles. The van der Waals surface area contributed by atoms with Gasteiger partial charge in [0.05, 0.1) is 24.2 Å². The summed E-state index contributed by atoms with van der Waals surface area (Å²) in [6.45, 7) is 1.23. The molecule has 2 aromatic rings. The average molecular weight is 277 g/mol. The molecule has 0 radical (unpaired) electrons. The molecule has 3 rings (SSSR count). The van der Waals surface area contributed by atoms with Gasteiger partial charge in [0.15, 0.2) is 0 Å². The minimum atomic E-state index is -0.735. The van der Waals surface area contributed by atoms with E-state index in [9.17, 15) is 14.9 Å². The summed E-state index contributed by atoms with van der Waals surface area (Å²) in [7, 11) is 1.19. The number of nitro benzene ring substituents is 1. The van der Waals surface area contributed by atoms with Gasteiger partial charge in [0.2, 0.25) is 0 Å². The zero-order valence-electron chi connectivity index (χ0n) is 10.7. The largest absolute Gasteiger partial charge is 0.465 e. The molecule has 0 unspecified atom stereocenters. The van der Waals surface area contributed by atoms with E-state index in [0.29, 0.717) is 36.6 Å². The van der Waals surface area contributed by atoms with Gasteiger partial charge >= 0.3 is 11.7 Å². The maximum atomic E-state index is 11.7. The molecule has 8 nitrogen and oxygen atoms in total. The monoisotopic (exact) mass is 277 g/mol. The van der Waals surface area contributed by atoms with Crippen LogP contribution < -0.4 is 0 Å². The van der Waals surface area contributed by atoms with Crippen LogP contribution in [0.3, 0.4) is 0 Å². The number of carbonyl (C=O) groups excluding carboxylic acids is 1. The van der Waals surface area contributed by atoms with Gasteiger partial charge in [-0.1, -0.05) is 0 Å². The van der Waals surface area contributed by atoms with Crippen molar-refractivity contribution in [1.82, 2.24) is 9.55 Å². The highest BCUT2D eigenvalue weighted by atomic mass is 16.6. The van der Waals surface area contributed by atoms with Crippen molar-refractivity contribution in [3.63, 3.8) is 0 Å². The quantitative estimate of drug-likeness (QED) is 0.465. The lowest BCUT2D eigenvalue weighted by Gasteiger charge is -2.15. The van der Waals surface area contributed by atoms with E-state index in [4.69, 9.17) is 4.74 Å². The molecule has 0 N–H and O–H groups in total. The standard InChI is InChI=1S/C12H11N3O5/c1-19-12(16)7-2-3-8-11(10(7)15(17)18)14-4-5-20-6-9(14)13-8/h2-3H,4-6H2,1H3. The molecule has 0 atom stereocenters. The number of methoxy groups -OCH3 is 1. The second kappa shape index (κ2) is 4.57. The number of nitro groups is 1. The van der Waals surface area contributed by atoms with Crippen LogP contribution in [0.2, 0.25) is 0 Å². The zero-order chi connectivity index (χ0) is 14.3. The van der Waals surface area contributed by atoms with Crippen LogP contribution in [0, 0.1) is 10.1 Å². The summed E-state index contributed by atoms with van der Waals surface area (Å²) < 4.78 is 11.6. The van der Waals surface area contributed by atoms with Gasteiger partial charge in [-0.3, -0.25) is 10.1 Å². The predicted molar refractivity (Wildman–Crippen MR) is 67.4 cm³/mol. The van der Waals surface area contributed by atoms with E-state index in [0.717, 1.165) is 0 Å². The number of rotatable bonds is 2. The van der Waals surface area contributed by atoms with Crippen molar-refractivity contribution in [3.8, 4) is 0 Å². The Morgan fingerprint density at radius 3 is 3.05 bits per heavy atom. The SMILES string of the molecule is COC(=O)c1ccc2nc3n(c2c1[N+](=O)[O-])CCOC3. The maximum Gasteiger partial charge on any atom is 0.344 e. The number of carbonyl (C=O) groups is 1. The van der Waals surface area contributed by atoms with Gasteiger partial charge in [0.1, 0.15) is 23.5 Å². The highest BCUT2D eigenvalue weighted by molar-refractivity contribution is 6.01. The van der Waals surface area contributed by atoms with Crippen LogP contribution in [-0.2, 0) is 22.6 Å². The first-order valence-corrected chi connectivity index (χ1v) is 5.96. The Kier molecular flexibility index (Phi) is 2.87. The molecule has 8 heteroatoms. The van der Waals surface area contributed by atoms with Crippen LogP contribution in [0.4, 0.5) is 5.69 Å². The van der Waals surface area contributed by atoms with Crippen LogP contribution in [-0.4, -0.2) is 34.2 Å². The zero-order valence-corrected chi connectivity index (χ0v) is 10.7. The second-order valence-electron chi connectivity index (χ2n) is 4.31. The molecular weight excluding hydrogens is 266 g/mol. The molecule has 104 valence electrons. The Labute approximate surface area is 113 Å². The van der Waals surface area contributed by atoms with Crippen molar-refractivity contribution >= 4 is 22.7 Å². The van der Waals surface area contributed by atoms with Gasteiger partial charge in [-0.25, -0.2) is 9.78 Å². The molecule has 0 spiro atoms. The molecule has 0 amide bonds. The number of nitrogens with zero attached hydrogens (tertiary/aromatic N) is 3. The fraction of sp³-hybridized carbons (Fsp3) is 0.333. The normalized spacial score (nSPS) is 14.1. The van der Waals surface area contributed by atoms with Crippen LogP contribution >= 0.6 is 0 Å². The summed E-state index contributed by atoms with van der Waals surface area (Å²) >= 11 is 0. The molecule has 1 aromatic heterocycles. The van der Waals surface area contributed by atoms with E-state index in [1.807, 2.05) is 0 Å². The summed E-state index contributed by atoms with van der Waals surface area (Å²) in [6, 6.07) is 2.95. The van der Waals surface area contributed by atoms with Crippen molar-refractivity contribution < 1.29 is 19.2 Å². The minimum Gasteiger partial charge on any atom is -0.465 e. The van der Waals surface area contributed by atoms with Crippen LogP contribution in [0.5, 0.6) is 0 Å². The van der Waals surface area contributed by atoms with Gasteiger partial charge in [0, 0.05) is 6.54 Å². The molecule has 0 saturated carbocycles. The Hall–Kier alpha value is -2.48. The van der Waals surface area contributed by atoms with Crippen molar-refractivity contribution in [2.45, 2.75) is 13.2 Å². The van der Waals surface area contributed by atoms with E-state index in [1.165, 1.54) is 13.2 Å². The molecular formula is C12H11N3O5. The molecule has 1 aliphatic rings. The lowest BCUT2D eigenvalue weighted by atomic mass is 10.1. The molecule has 0 saturated heterocycles. The fourth-order valence-corrected chi connectivity index (χ4v) is 2.38. The van der Waals surface area contributed by atoms with E-state index >= 15 is 0 Å². The highest BCUT2D eigenvalue weighted by Gasteiger charge is 2.29. The number of esters is 1. The first kappa shape index (κ1) is 12.5.